The molecule has 0 aromatic rings. The smallest absolute Gasteiger partial charge is 0.240 e. The summed E-state index contributed by atoms with van der Waals surface area (Å²) in [5, 5.41) is 9.61. The highest BCUT2D eigenvalue weighted by Gasteiger charge is 2.33. The second kappa shape index (κ2) is 6.21. The van der Waals surface area contributed by atoms with Crippen molar-refractivity contribution in [3.8, 4) is 0 Å². The Hall–Kier alpha value is -0.610. The van der Waals surface area contributed by atoms with Gasteiger partial charge in [0.2, 0.25) is 5.91 Å². The van der Waals surface area contributed by atoms with Crippen LogP contribution in [-0.4, -0.2) is 37.1 Å². The van der Waals surface area contributed by atoms with E-state index in [1.165, 1.54) is 6.42 Å². The van der Waals surface area contributed by atoms with Crippen LogP contribution in [-0.2, 0) is 4.79 Å². The lowest BCUT2D eigenvalue weighted by molar-refractivity contribution is -0.128. The number of hydrogen-bond acceptors (Lipinski definition) is 3. The molecule has 1 heterocycles. The van der Waals surface area contributed by atoms with E-state index >= 15 is 0 Å². The highest BCUT2D eigenvalue weighted by Crippen LogP contribution is 2.18. The van der Waals surface area contributed by atoms with Gasteiger partial charge in [-0.2, -0.15) is 0 Å². The van der Waals surface area contributed by atoms with Gasteiger partial charge in [0, 0.05) is 12.6 Å². The van der Waals surface area contributed by atoms with Gasteiger partial charge < -0.3 is 16.0 Å². The third kappa shape index (κ3) is 3.76. The topological polar surface area (TPSA) is 53.2 Å². The summed E-state index contributed by atoms with van der Waals surface area (Å²) < 4.78 is 0. The van der Waals surface area contributed by atoms with E-state index in [0.29, 0.717) is 12.6 Å². The van der Waals surface area contributed by atoms with Gasteiger partial charge in [-0.15, -0.1) is 0 Å². The average molecular weight is 227 g/mol. The molecule has 0 bridgehead atoms. The predicted molar refractivity (Wildman–Crippen MR) is 66.4 cm³/mol. The summed E-state index contributed by atoms with van der Waals surface area (Å²) in [7, 11) is 0. The van der Waals surface area contributed by atoms with E-state index in [1.807, 2.05) is 6.92 Å². The van der Waals surface area contributed by atoms with E-state index in [9.17, 15) is 4.79 Å². The van der Waals surface area contributed by atoms with Crippen LogP contribution in [0.5, 0.6) is 0 Å². The third-order valence-corrected chi connectivity index (χ3v) is 3.24. The number of piperidine rings is 1. The molecule has 1 aliphatic rings. The minimum absolute atomic E-state index is 0.136. The van der Waals surface area contributed by atoms with Crippen molar-refractivity contribution in [2.45, 2.75) is 51.6 Å². The maximum Gasteiger partial charge on any atom is 0.240 e. The van der Waals surface area contributed by atoms with Crippen LogP contribution in [0, 0.1) is 0 Å². The molecule has 1 amide bonds. The minimum atomic E-state index is -0.357. The van der Waals surface area contributed by atoms with Gasteiger partial charge in [0.25, 0.3) is 0 Å². The fourth-order valence-electron chi connectivity index (χ4n) is 2.11. The molecule has 94 valence electrons. The summed E-state index contributed by atoms with van der Waals surface area (Å²) in [6, 6.07) is 0.334. The van der Waals surface area contributed by atoms with E-state index < -0.39 is 0 Å². The lowest BCUT2D eigenvalue weighted by Crippen LogP contribution is -2.58. The van der Waals surface area contributed by atoms with Crippen molar-refractivity contribution in [1.29, 1.82) is 0 Å². The zero-order valence-corrected chi connectivity index (χ0v) is 10.7. The molecule has 16 heavy (non-hydrogen) atoms. The second-order valence-electron chi connectivity index (χ2n) is 4.88. The first-order valence-electron chi connectivity index (χ1n) is 6.35. The number of hydrogen-bond donors (Lipinski definition) is 3. The molecule has 4 nitrogen and oxygen atoms in total. The van der Waals surface area contributed by atoms with Crippen molar-refractivity contribution >= 4 is 5.91 Å². The monoisotopic (exact) mass is 227 g/mol. The first-order valence-corrected chi connectivity index (χ1v) is 6.35. The molecule has 1 saturated heterocycles. The molecule has 4 heteroatoms. The largest absolute Gasteiger partial charge is 0.353 e. The van der Waals surface area contributed by atoms with Crippen molar-refractivity contribution < 1.29 is 4.79 Å². The van der Waals surface area contributed by atoms with Gasteiger partial charge in [0.05, 0.1) is 5.54 Å². The van der Waals surface area contributed by atoms with Crippen LogP contribution in [0.15, 0.2) is 0 Å². The molecule has 0 saturated carbocycles. The van der Waals surface area contributed by atoms with Crippen molar-refractivity contribution in [2.24, 2.45) is 0 Å². The Kier molecular flexibility index (Phi) is 5.22. The molecule has 2 atom stereocenters. The summed E-state index contributed by atoms with van der Waals surface area (Å²) in [5.41, 5.74) is -0.357. The molecular weight excluding hydrogens is 202 g/mol. The maximum atomic E-state index is 12.0. The first kappa shape index (κ1) is 13.5. The molecule has 0 radical (unpaired) electrons. The second-order valence-corrected chi connectivity index (χ2v) is 4.88. The molecule has 0 aromatic carbocycles. The Bertz CT molecular complexity index is 224. The number of amides is 1. The summed E-state index contributed by atoms with van der Waals surface area (Å²) in [6.45, 7) is 8.74. The normalized spacial score (nSPS) is 27.4. The SMILES string of the molecule is CCN[C@H](C)CNC(=O)C1(C)CCCCN1. The van der Waals surface area contributed by atoms with Gasteiger partial charge in [-0.25, -0.2) is 0 Å². The summed E-state index contributed by atoms with van der Waals surface area (Å²) in [6.07, 6.45) is 3.25. The van der Waals surface area contributed by atoms with Gasteiger partial charge in [-0.3, -0.25) is 4.79 Å². The molecular formula is C12H25N3O. The number of rotatable bonds is 5. The van der Waals surface area contributed by atoms with Gasteiger partial charge in [0.1, 0.15) is 0 Å². The van der Waals surface area contributed by atoms with E-state index in [1.54, 1.807) is 0 Å². The van der Waals surface area contributed by atoms with Crippen molar-refractivity contribution in [1.82, 2.24) is 16.0 Å². The number of carbonyl (C=O) groups is 1. The zero-order valence-electron chi connectivity index (χ0n) is 10.7. The van der Waals surface area contributed by atoms with Gasteiger partial charge >= 0.3 is 0 Å². The fourth-order valence-corrected chi connectivity index (χ4v) is 2.11. The van der Waals surface area contributed by atoms with Crippen molar-refractivity contribution in [3.05, 3.63) is 0 Å². The van der Waals surface area contributed by atoms with E-state index in [4.69, 9.17) is 0 Å². The quantitative estimate of drug-likeness (QED) is 0.646. The number of likely N-dealkylation sites (N-methyl/N-ethyl adjacent to an activating group) is 1. The molecule has 0 aliphatic carbocycles. The minimum Gasteiger partial charge on any atom is -0.353 e. The van der Waals surface area contributed by atoms with Crippen LogP contribution in [0.3, 0.4) is 0 Å². The maximum absolute atomic E-state index is 12.0. The van der Waals surface area contributed by atoms with Crippen molar-refractivity contribution in [2.75, 3.05) is 19.6 Å². The standard InChI is InChI=1S/C12H25N3O/c1-4-13-10(2)9-14-11(16)12(3)7-5-6-8-15-12/h10,13,15H,4-9H2,1-3H3,(H,14,16)/t10-,12?/m1/s1. The fraction of sp³-hybridized carbons (Fsp3) is 0.917. The number of carbonyl (C=O) groups excluding carboxylic acids is 1. The molecule has 0 aromatic heterocycles. The molecule has 0 spiro atoms. The Balaban J connectivity index is 2.33. The molecule has 3 N–H and O–H groups in total. The highest BCUT2D eigenvalue weighted by atomic mass is 16.2. The van der Waals surface area contributed by atoms with Crippen LogP contribution in [0.4, 0.5) is 0 Å². The van der Waals surface area contributed by atoms with Crippen LogP contribution in [0.1, 0.15) is 40.0 Å². The van der Waals surface area contributed by atoms with E-state index in [2.05, 4.69) is 29.8 Å². The van der Waals surface area contributed by atoms with Gasteiger partial charge in [-0.1, -0.05) is 6.92 Å². The third-order valence-electron chi connectivity index (χ3n) is 3.24. The van der Waals surface area contributed by atoms with Crippen LogP contribution in [0.25, 0.3) is 0 Å². The Morgan fingerprint density at radius 2 is 2.25 bits per heavy atom. The Labute approximate surface area is 98.6 Å². The van der Waals surface area contributed by atoms with E-state index in [0.717, 1.165) is 25.9 Å². The van der Waals surface area contributed by atoms with E-state index in [-0.39, 0.29) is 11.4 Å². The lowest BCUT2D eigenvalue weighted by atomic mass is 9.90. The summed E-state index contributed by atoms with van der Waals surface area (Å²) >= 11 is 0. The first-order chi connectivity index (χ1) is 7.58. The Morgan fingerprint density at radius 3 is 2.81 bits per heavy atom. The summed E-state index contributed by atoms with van der Waals surface area (Å²) in [4.78, 5) is 12.0. The molecule has 1 aliphatic heterocycles. The van der Waals surface area contributed by atoms with Gasteiger partial charge in [-0.05, 0) is 46.2 Å². The van der Waals surface area contributed by atoms with Gasteiger partial charge in [0.15, 0.2) is 0 Å². The molecule has 1 unspecified atom stereocenters. The average Bonchev–Trinajstić information content (AvgIpc) is 2.27. The zero-order chi connectivity index (χ0) is 12.0. The van der Waals surface area contributed by atoms with Crippen LogP contribution >= 0.6 is 0 Å². The van der Waals surface area contributed by atoms with Crippen LogP contribution < -0.4 is 16.0 Å². The van der Waals surface area contributed by atoms with Crippen LogP contribution in [0.2, 0.25) is 0 Å². The Morgan fingerprint density at radius 1 is 1.50 bits per heavy atom. The number of nitrogens with one attached hydrogen (secondary N) is 3. The van der Waals surface area contributed by atoms with Crippen molar-refractivity contribution in [3.63, 3.8) is 0 Å². The predicted octanol–water partition coefficient (Wildman–Crippen LogP) is 0.633. The lowest BCUT2D eigenvalue weighted by Gasteiger charge is -2.33. The molecule has 1 rings (SSSR count). The molecule has 1 fully saturated rings. The highest BCUT2D eigenvalue weighted by molar-refractivity contribution is 5.85. The summed E-state index contributed by atoms with van der Waals surface area (Å²) in [5.74, 6) is 0.136.